The molecule has 76 valence electrons. The molecule has 0 fully saturated rings. The average molecular weight is 211 g/mol. The second-order valence-electron chi connectivity index (χ2n) is 4.08. The van der Waals surface area contributed by atoms with E-state index in [-0.39, 0.29) is 5.38 Å². The molecule has 2 heteroatoms. The number of methoxy groups -OCH3 is 1. The van der Waals surface area contributed by atoms with Crippen LogP contribution in [-0.2, 0) is 6.42 Å². The van der Waals surface area contributed by atoms with Gasteiger partial charge in [-0.05, 0) is 42.0 Å². The van der Waals surface area contributed by atoms with Gasteiger partial charge in [-0.1, -0.05) is 13.0 Å². The first-order valence-corrected chi connectivity index (χ1v) is 5.45. The Morgan fingerprint density at radius 2 is 2.21 bits per heavy atom. The fourth-order valence-corrected chi connectivity index (χ4v) is 2.62. The molecule has 0 saturated heterocycles. The van der Waals surface area contributed by atoms with Crippen molar-refractivity contribution in [1.82, 2.24) is 0 Å². The minimum absolute atomic E-state index is 0.156. The molecular formula is C12H15ClO. The Kier molecular flexibility index (Phi) is 2.69. The van der Waals surface area contributed by atoms with Crippen LogP contribution in [0.1, 0.15) is 29.8 Å². The number of ether oxygens (including phenoxy) is 1. The molecule has 0 saturated carbocycles. The lowest BCUT2D eigenvalue weighted by molar-refractivity contribution is 0.411. The van der Waals surface area contributed by atoms with Gasteiger partial charge in [0, 0.05) is 0 Å². The molecule has 2 unspecified atom stereocenters. The Morgan fingerprint density at radius 1 is 1.43 bits per heavy atom. The van der Waals surface area contributed by atoms with Gasteiger partial charge < -0.3 is 4.74 Å². The smallest absolute Gasteiger partial charge is 0.119 e. The maximum Gasteiger partial charge on any atom is 0.119 e. The molecule has 0 spiro atoms. The summed E-state index contributed by atoms with van der Waals surface area (Å²) in [4.78, 5) is 0. The third kappa shape index (κ3) is 1.74. The average Bonchev–Trinajstić information content (AvgIpc) is 2.17. The third-order valence-corrected chi connectivity index (χ3v) is 3.28. The summed E-state index contributed by atoms with van der Waals surface area (Å²) in [5.41, 5.74) is 2.63. The van der Waals surface area contributed by atoms with E-state index >= 15 is 0 Å². The second kappa shape index (κ2) is 3.82. The van der Waals surface area contributed by atoms with Crippen molar-refractivity contribution in [3.63, 3.8) is 0 Å². The molecule has 1 aliphatic rings. The molecule has 1 aromatic rings. The lowest BCUT2D eigenvalue weighted by Crippen LogP contribution is -2.13. The Hall–Kier alpha value is -0.690. The van der Waals surface area contributed by atoms with Gasteiger partial charge in [0.05, 0.1) is 12.5 Å². The summed E-state index contributed by atoms with van der Waals surface area (Å²) in [6, 6.07) is 6.22. The van der Waals surface area contributed by atoms with E-state index in [0.29, 0.717) is 5.92 Å². The van der Waals surface area contributed by atoms with Crippen LogP contribution in [0.25, 0.3) is 0 Å². The van der Waals surface area contributed by atoms with E-state index < -0.39 is 0 Å². The van der Waals surface area contributed by atoms with Crippen LogP contribution in [0.15, 0.2) is 18.2 Å². The lowest BCUT2D eigenvalue weighted by Gasteiger charge is -2.26. The zero-order valence-corrected chi connectivity index (χ0v) is 9.34. The van der Waals surface area contributed by atoms with Crippen LogP contribution in [0.2, 0.25) is 0 Å². The maximum atomic E-state index is 6.32. The molecule has 0 aromatic heterocycles. The lowest BCUT2D eigenvalue weighted by atomic mass is 9.84. The van der Waals surface area contributed by atoms with Crippen molar-refractivity contribution >= 4 is 11.6 Å². The minimum Gasteiger partial charge on any atom is -0.497 e. The number of hydrogen-bond donors (Lipinski definition) is 0. The van der Waals surface area contributed by atoms with Crippen molar-refractivity contribution in [1.29, 1.82) is 0 Å². The first-order valence-electron chi connectivity index (χ1n) is 5.01. The topological polar surface area (TPSA) is 9.23 Å². The van der Waals surface area contributed by atoms with Crippen LogP contribution < -0.4 is 4.74 Å². The number of benzene rings is 1. The summed E-state index contributed by atoms with van der Waals surface area (Å²) in [5.74, 6) is 1.60. The molecule has 2 atom stereocenters. The van der Waals surface area contributed by atoms with Crippen LogP contribution in [0, 0.1) is 5.92 Å². The predicted octanol–water partition coefficient (Wildman–Crippen LogP) is 3.56. The van der Waals surface area contributed by atoms with E-state index in [1.807, 2.05) is 6.07 Å². The number of fused-ring (bicyclic) bond motifs is 1. The normalized spacial score (nSPS) is 25.6. The van der Waals surface area contributed by atoms with Crippen LogP contribution in [0.4, 0.5) is 0 Å². The molecule has 0 aliphatic heterocycles. The van der Waals surface area contributed by atoms with Crippen LogP contribution in [0.3, 0.4) is 0 Å². The minimum atomic E-state index is 0.156. The van der Waals surface area contributed by atoms with Crippen LogP contribution in [0.5, 0.6) is 5.75 Å². The van der Waals surface area contributed by atoms with Crippen molar-refractivity contribution in [3.8, 4) is 5.75 Å². The van der Waals surface area contributed by atoms with Crippen molar-refractivity contribution in [2.75, 3.05) is 7.11 Å². The number of rotatable bonds is 1. The van der Waals surface area contributed by atoms with Crippen molar-refractivity contribution in [2.24, 2.45) is 5.92 Å². The Balaban J connectivity index is 2.39. The van der Waals surface area contributed by atoms with E-state index in [9.17, 15) is 0 Å². The highest BCUT2D eigenvalue weighted by molar-refractivity contribution is 6.21. The third-order valence-electron chi connectivity index (χ3n) is 2.87. The van der Waals surface area contributed by atoms with Gasteiger partial charge in [-0.15, -0.1) is 11.6 Å². The summed E-state index contributed by atoms with van der Waals surface area (Å²) >= 11 is 6.32. The molecule has 1 aromatic carbocycles. The zero-order valence-electron chi connectivity index (χ0n) is 8.59. The maximum absolute atomic E-state index is 6.32. The van der Waals surface area contributed by atoms with E-state index in [2.05, 4.69) is 19.1 Å². The molecule has 1 nitrogen and oxygen atoms in total. The number of hydrogen-bond acceptors (Lipinski definition) is 1. The Bertz CT molecular complexity index is 335. The highest BCUT2D eigenvalue weighted by Gasteiger charge is 2.23. The van der Waals surface area contributed by atoms with Crippen LogP contribution >= 0.6 is 11.6 Å². The highest BCUT2D eigenvalue weighted by Crippen LogP contribution is 2.38. The molecule has 2 rings (SSSR count). The summed E-state index contributed by atoms with van der Waals surface area (Å²) in [7, 11) is 1.69. The second-order valence-corrected chi connectivity index (χ2v) is 4.60. The van der Waals surface area contributed by atoms with E-state index in [1.54, 1.807) is 7.11 Å². The number of alkyl halides is 1. The summed E-state index contributed by atoms with van der Waals surface area (Å²) in [6.07, 6.45) is 2.21. The van der Waals surface area contributed by atoms with Gasteiger partial charge >= 0.3 is 0 Å². The van der Waals surface area contributed by atoms with Crippen LogP contribution in [-0.4, -0.2) is 7.11 Å². The van der Waals surface area contributed by atoms with Crippen molar-refractivity contribution in [3.05, 3.63) is 29.3 Å². The van der Waals surface area contributed by atoms with Gasteiger partial charge in [0.15, 0.2) is 0 Å². The SMILES string of the molecule is COc1ccc2c(c1)C(Cl)CC(C)C2. The molecule has 1 aliphatic carbocycles. The molecule has 0 bridgehead atoms. The molecule has 0 heterocycles. The van der Waals surface area contributed by atoms with E-state index in [0.717, 1.165) is 18.6 Å². The first-order chi connectivity index (χ1) is 6.70. The molecule has 0 N–H and O–H groups in total. The Labute approximate surface area is 90.0 Å². The standard InChI is InChI=1S/C12H15ClO/c1-8-5-9-3-4-10(14-2)7-11(9)12(13)6-8/h3-4,7-8,12H,5-6H2,1-2H3. The highest BCUT2D eigenvalue weighted by atomic mass is 35.5. The quantitative estimate of drug-likeness (QED) is 0.644. The summed E-state index contributed by atoms with van der Waals surface area (Å²) in [5, 5.41) is 0.156. The number of halogens is 1. The van der Waals surface area contributed by atoms with E-state index in [4.69, 9.17) is 16.3 Å². The molecule has 14 heavy (non-hydrogen) atoms. The summed E-state index contributed by atoms with van der Waals surface area (Å²) in [6.45, 7) is 2.25. The fourth-order valence-electron chi connectivity index (χ4n) is 2.12. The molecular weight excluding hydrogens is 196 g/mol. The Morgan fingerprint density at radius 3 is 2.93 bits per heavy atom. The van der Waals surface area contributed by atoms with Gasteiger partial charge in [-0.3, -0.25) is 0 Å². The largest absolute Gasteiger partial charge is 0.497 e. The zero-order chi connectivity index (χ0) is 10.1. The molecule has 0 amide bonds. The van der Waals surface area contributed by atoms with E-state index in [1.165, 1.54) is 11.1 Å². The predicted molar refractivity (Wildman–Crippen MR) is 59.1 cm³/mol. The van der Waals surface area contributed by atoms with Gasteiger partial charge in [0.25, 0.3) is 0 Å². The monoisotopic (exact) mass is 210 g/mol. The van der Waals surface area contributed by atoms with Gasteiger partial charge in [-0.2, -0.15) is 0 Å². The van der Waals surface area contributed by atoms with Gasteiger partial charge in [-0.25, -0.2) is 0 Å². The first kappa shape index (κ1) is 9.85. The van der Waals surface area contributed by atoms with Gasteiger partial charge in [0.1, 0.15) is 5.75 Å². The van der Waals surface area contributed by atoms with Crippen molar-refractivity contribution in [2.45, 2.75) is 25.1 Å². The summed E-state index contributed by atoms with van der Waals surface area (Å²) < 4.78 is 5.20. The van der Waals surface area contributed by atoms with Crippen molar-refractivity contribution < 1.29 is 4.74 Å². The van der Waals surface area contributed by atoms with Gasteiger partial charge in [0.2, 0.25) is 0 Å². The molecule has 0 radical (unpaired) electrons. The fraction of sp³-hybridized carbons (Fsp3) is 0.500.